The van der Waals surface area contributed by atoms with Crippen LogP contribution in [0.3, 0.4) is 0 Å². The molecule has 1 aliphatic rings. The van der Waals surface area contributed by atoms with E-state index in [4.69, 9.17) is 4.42 Å². The molecule has 120 valence electrons. The van der Waals surface area contributed by atoms with E-state index in [1.54, 1.807) is 0 Å². The number of hydrogen-bond donors (Lipinski definition) is 1. The maximum atomic E-state index is 5.91. The summed E-state index contributed by atoms with van der Waals surface area (Å²) in [5.41, 5.74) is 0. The molecule has 0 amide bonds. The highest BCUT2D eigenvalue weighted by Crippen LogP contribution is 2.14. The first-order valence-electron chi connectivity index (χ1n) is 8.36. The summed E-state index contributed by atoms with van der Waals surface area (Å²) >= 11 is 0. The third kappa shape index (κ3) is 5.13. The number of rotatable bonds is 7. The highest BCUT2D eigenvalue weighted by molar-refractivity contribution is 5.07. The van der Waals surface area contributed by atoms with Crippen LogP contribution in [0.2, 0.25) is 0 Å². The summed E-state index contributed by atoms with van der Waals surface area (Å²) < 4.78 is 5.91. The van der Waals surface area contributed by atoms with E-state index in [9.17, 15) is 0 Å². The first kappa shape index (κ1) is 16.5. The van der Waals surface area contributed by atoms with E-state index in [0.717, 1.165) is 37.7 Å². The largest absolute Gasteiger partial charge is 0.463 e. The van der Waals surface area contributed by atoms with Gasteiger partial charge in [0.15, 0.2) is 0 Å². The maximum absolute atomic E-state index is 5.91. The fourth-order valence-electron chi connectivity index (χ4n) is 2.75. The molecule has 0 aromatic carbocycles. The van der Waals surface area contributed by atoms with E-state index in [1.807, 2.05) is 0 Å². The van der Waals surface area contributed by atoms with Crippen LogP contribution in [0.15, 0.2) is 16.5 Å². The minimum absolute atomic E-state index is 0.493. The van der Waals surface area contributed by atoms with Crippen LogP contribution in [0, 0.1) is 0 Å². The van der Waals surface area contributed by atoms with E-state index in [0.29, 0.717) is 12.1 Å². The molecule has 1 unspecified atom stereocenters. The van der Waals surface area contributed by atoms with Crippen LogP contribution in [-0.2, 0) is 13.1 Å². The van der Waals surface area contributed by atoms with Crippen molar-refractivity contribution in [2.24, 2.45) is 0 Å². The lowest BCUT2D eigenvalue weighted by atomic mass is 10.2. The van der Waals surface area contributed by atoms with Crippen molar-refractivity contribution in [1.82, 2.24) is 15.1 Å². The fraction of sp³-hybridized carbons (Fsp3) is 0.765. The van der Waals surface area contributed by atoms with E-state index in [2.05, 4.69) is 54.9 Å². The van der Waals surface area contributed by atoms with Crippen molar-refractivity contribution in [3.8, 4) is 0 Å². The molecule has 2 heterocycles. The van der Waals surface area contributed by atoms with Gasteiger partial charge >= 0.3 is 0 Å². The highest BCUT2D eigenvalue weighted by Gasteiger charge is 2.20. The predicted molar refractivity (Wildman–Crippen MR) is 87.3 cm³/mol. The molecule has 1 saturated heterocycles. The third-order valence-electron chi connectivity index (χ3n) is 4.40. The third-order valence-corrected chi connectivity index (χ3v) is 4.40. The zero-order valence-corrected chi connectivity index (χ0v) is 14.1. The van der Waals surface area contributed by atoms with Gasteiger partial charge in [-0.3, -0.25) is 9.80 Å². The number of piperazine rings is 1. The second-order valence-corrected chi connectivity index (χ2v) is 6.47. The van der Waals surface area contributed by atoms with E-state index >= 15 is 0 Å². The average Bonchev–Trinajstić information content (AvgIpc) is 2.92. The quantitative estimate of drug-likeness (QED) is 0.837. The van der Waals surface area contributed by atoms with Gasteiger partial charge < -0.3 is 9.73 Å². The van der Waals surface area contributed by atoms with Crippen molar-refractivity contribution in [3.05, 3.63) is 23.7 Å². The van der Waals surface area contributed by atoms with Gasteiger partial charge in [0.2, 0.25) is 0 Å². The Morgan fingerprint density at radius 2 is 1.76 bits per heavy atom. The number of nitrogens with zero attached hydrogens (tertiary/aromatic N) is 2. The van der Waals surface area contributed by atoms with Crippen LogP contribution in [0.4, 0.5) is 0 Å². The standard InChI is InChI=1S/C17H31N3O/c1-5-15(4)20-10-8-19(9-11-20)13-17-7-6-16(21-17)12-18-14(2)3/h6-7,14-15,18H,5,8-13H2,1-4H3. The lowest BCUT2D eigenvalue weighted by Crippen LogP contribution is -2.48. The van der Waals surface area contributed by atoms with Crippen molar-refractivity contribution in [1.29, 1.82) is 0 Å². The van der Waals surface area contributed by atoms with Crippen molar-refractivity contribution in [2.75, 3.05) is 26.2 Å². The minimum Gasteiger partial charge on any atom is -0.463 e. The van der Waals surface area contributed by atoms with Gasteiger partial charge in [-0.15, -0.1) is 0 Å². The Bertz CT molecular complexity index is 408. The molecule has 0 spiro atoms. The SMILES string of the molecule is CCC(C)N1CCN(Cc2ccc(CNC(C)C)o2)CC1. The molecule has 0 aliphatic carbocycles. The molecule has 1 atom stereocenters. The van der Waals surface area contributed by atoms with Gasteiger partial charge in [-0.25, -0.2) is 0 Å². The predicted octanol–water partition coefficient (Wildman–Crippen LogP) is 2.69. The van der Waals surface area contributed by atoms with Crippen molar-refractivity contribution in [2.45, 2.75) is 59.3 Å². The van der Waals surface area contributed by atoms with E-state index in [-0.39, 0.29) is 0 Å². The number of furan rings is 1. The topological polar surface area (TPSA) is 31.6 Å². The first-order valence-corrected chi connectivity index (χ1v) is 8.36. The lowest BCUT2D eigenvalue weighted by molar-refractivity contribution is 0.0916. The monoisotopic (exact) mass is 293 g/mol. The van der Waals surface area contributed by atoms with E-state index in [1.165, 1.54) is 19.5 Å². The molecule has 1 N–H and O–H groups in total. The van der Waals surface area contributed by atoms with Crippen LogP contribution in [0.25, 0.3) is 0 Å². The number of hydrogen-bond acceptors (Lipinski definition) is 4. The molecule has 0 saturated carbocycles. The van der Waals surface area contributed by atoms with E-state index < -0.39 is 0 Å². The number of nitrogens with one attached hydrogen (secondary N) is 1. The van der Waals surface area contributed by atoms with Gasteiger partial charge in [-0.1, -0.05) is 20.8 Å². The van der Waals surface area contributed by atoms with Gasteiger partial charge in [0.1, 0.15) is 11.5 Å². The Morgan fingerprint density at radius 1 is 1.10 bits per heavy atom. The zero-order chi connectivity index (χ0) is 15.2. The van der Waals surface area contributed by atoms with Gasteiger partial charge in [0, 0.05) is 38.3 Å². The summed E-state index contributed by atoms with van der Waals surface area (Å²) in [7, 11) is 0. The van der Waals surface area contributed by atoms with Crippen molar-refractivity contribution >= 4 is 0 Å². The van der Waals surface area contributed by atoms with Crippen LogP contribution in [0.1, 0.15) is 45.6 Å². The second kappa shape index (κ2) is 7.97. The zero-order valence-electron chi connectivity index (χ0n) is 14.1. The Kier molecular flexibility index (Phi) is 6.27. The van der Waals surface area contributed by atoms with Gasteiger partial charge in [-0.2, -0.15) is 0 Å². The Hall–Kier alpha value is -0.840. The molecule has 21 heavy (non-hydrogen) atoms. The molecule has 1 aromatic heterocycles. The summed E-state index contributed by atoms with van der Waals surface area (Å²) in [6, 6.07) is 5.43. The normalized spacial score (nSPS) is 19.3. The summed E-state index contributed by atoms with van der Waals surface area (Å²) in [5.74, 6) is 2.13. The smallest absolute Gasteiger partial charge is 0.118 e. The Labute approximate surface area is 129 Å². The van der Waals surface area contributed by atoms with Crippen LogP contribution >= 0.6 is 0 Å². The first-order chi connectivity index (χ1) is 10.1. The highest BCUT2D eigenvalue weighted by atomic mass is 16.3. The molecule has 2 rings (SSSR count). The molecule has 1 aliphatic heterocycles. The fourth-order valence-corrected chi connectivity index (χ4v) is 2.75. The average molecular weight is 293 g/mol. The lowest BCUT2D eigenvalue weighted by Gasteiger charge is -2.37. The molecule has 4 nitrogen and oxygen atoms in total. The maximum Gasteiger partial charge on any atom is 0.118 e. The summed E-state index contributed by atoms with van der Waals surface area (Å²) in [6.07, 6.45) is 1.24. The molecular formula is C17H31N3O. The Balaban J connectivity index is 1.76. The van der Waals surface area contributed by atoms with Crippen molar-refractivity contribution < 1.29 is 4.42 Å². The molecule has 1 fully saturated rings. The van der Waals surface area contributed by atoms with Crippen LogP contribution in [0.5, 0.6) is 0 Å². The van der Waals surface area contributed by atoms with Gasteiger partial charge in [0.05, 0.1) is 13.1 Å². The minimum atomic E-state index is 0.493. The molecule has 0 bridgehead atoms. The van der Waals surface area contributed by atoms with Crippen LogP contribution in [-0.4, -0.2) is 48.1 Å². The van der Waals surface area contributed by atoms with Gasteiger partial charge in [0.25, 0.3) is 0 Å². The molecule has 0 radical (unpaired) electrons. The van der Waals surface area contributed by atoms with Crippen LogP contribution < -0.4 is 5.32 Å². The molecular weight excluding hydrogens is 262 g/mol. The second-order valence-electron chi connectivity index (χ2n) is 6.47. The Morgan fingerprint density at radius 3 is 2.38 bits per heavy atom. The summed E-state index contributed by atoms with van der Waals surface area (Å²) in [6.45, 7) is 15.3. The molecule has 4 heteroatoms. The van der Waals surface area contributed by atoms with Gasteiger partial charge in [-0.05, 0) is 25.5 Å². The summed E-state index contributed by atoms with van der Waals surface area (Å²) in [5, 5.41) is 3.39. The van der Waals surface area contributed by atoms with Crippen molar-refractivity contribution in [3.63, 3.8) is 0 Å². The molecule has 1 aromatic rings. The summed E-state index contributed by atoms with van der Waals surface area (Å²) in [4.78, 5) is 5.09.